The first kappa shape index (κ1) is 16.0. The lowest BCUT2D eigenvalue weighted by Crippen LogP contribution is -2.53. The smallest absolute Gasteiger partial charge is 0.317 e. The summed E-state index contributed by atoms with van der Waals surface area (Å²) in [5.41, 5.74) is 1.51. The molecule has 0 radical (unpaired) electrons. The minimum absolute atomic E-state index is 0.0188. The van der Waals surface area contributed by atoms with Gasteiger partial charge in [-0.3, -0.25) is 4.79 Å². The van der Waals surface area contributed by atoms with Crippen LogP contribution in [-0.2, 0) is 0 Å². The third-order valence-corrected chi connectivity index (χ3v) is 4.03. The number of aromatic nitrogens is 1. The predicted octanol–water partition coefficient (Wildman–Crippen LogP) is 1.83. The summed E-state index contributed by atoms with van der Waals surface area (Å²) in [6, 6.07) is 7.20. The number of rotatable bonds is 3. The van der Waals surface area contributed by atoms with Crippen LogP contribution in [0.25, 0.3) is 11.3 Å². The Morgan fingerprint density at radius 2 is 1.79 bits per heavy atom. The molecule has 1 aromatic heterocycles. The average Bonchev–Trinajstić information content (AvgIpc) is 3.16. The van der Waals surface area contributed by atoms with Crippen molar-refractivity contribution in [1.82, 2.24) is 20.1 Å². The Kier molecular flexibility index (Phi) is 4.79. The lowest BCUT2D eigenvalue weighted by atomic mass is 10.1. The summed E-state index contributed by atoms with van der Waals surface area (Å²) in [5.74, 6) is 0.652. The fourth-order valence-electron chi connectivity index (χ4n) is 2.69. The number of nitrogens with zero attached hydrogens (tertiary/aromatic N) is 3. The molecule has 2 aromatic rings. The van der Waals surface area contributed by atoms with Crippen molar-refractivity contribution < 1.29 is 14.0 Å². The fraction of sp³-hybridized carbons (Fsp3) is 0.353. The van der Waals surface area contributed by atoms with Crippen LogP contribution < -0.4 is 5.32 Å². The molecule has 1 aromatic carbocycles. The summed E-state index contributed by atoms with van der Waals surface area (Å²) in [6.45, 7) is 4.68. The minimum Gasteiger partial charge on any atom is -0.444 e. The first-order chi connectivity index (χ1) is 11.7. The monoisotopic (exact) mass is 328 g/mol. The van der Waals surface area contributed by atoms with Crippen LogP contribution in [-0.4, -0.2) is 59.4 Å². The summed E-state index contributed by atoms with van der Waals surface area (Å²) in [7, 11) is 0. The van der Waals surface area contributed by atoms with Crippen molar-refractivity contribution in [3.8, 4) is 11.3 Å². The van der Waals surface area contributed by atoms with Crippen molar-refractivity contribution in [3.63, 3.8) is 0 Å². The Morgan fingerprint density at radius 1 is 1.12 bits per heavy atom. The third kappa shape index (κ3) is 3.40. The average molecular weight is 328 g/mol. The predicted molar refractivity (Wildman–Crippen MR) is 88.5 cm³/mol. The SMILES string of the molecule is CCNC(=O)N1CCN(C(=O)c2ccc(-c3cnco3)cc2)CC1. The number of carbonyl (C=O) groups excluding carboxylic acids is 2. The van der Waals surface area contributed by atoms with Gasteiger partial charge in [0.1, 0.15) is 0 Å². The van der Waals surface area contributed by atoms with Gasteiger partial charge in [-0.1, -0.05) is 12.1 Å². The highest BCUT2D eigenvalue weighted by molar-refractivity contribution is 5.94. The number of benzene rings is 1. The van der Waals surface area contributed by atoms with Gasteiger partial charge in [-0.05, 0) is 19.1 Å². The third-order valence-electron chi connectivity index (χ3n) is 4.03. The Morgan fingerprint density at radius 3 is 2.38 bits per heavy atom. The lowest BCUT2D eigenvalue weighted by molar-refractivity contribution is 0.0665. The van der Waals surface area contributed by atoms with E-state index in [9.17, 15) is 9.59 Å². The van der Waals surface area contributed by atoms with E-state index in [2.05, 4.69) is 10.3 Å². The van der Waals surface area contributed by atoms with Gasteiger partial charge in [0.15, 0.2) is 12.2 Å². The number of piperazine rings is 1. The van der Waals surface area contributed by atoms with E-state index < -0.39 is 0 Å². The molecule has 2 heterocycles. The molecule has 0 spiro atoms. The van der Waals surface area contributed by atoms with Gasteiger partial charge < -0.3 is 19.5 Å². The van der Waals surface area contributed by atoms with E-state index in [0.29, 0.717) is 44.0 Å². The Hall–Kier alpha value is -2.83. The van der Waals surface area contributed by atoms with Crippen molar-refractivity contribution in [3.05, 3.63) is 42.4 Å². The zero-order valence-corrected chi connectivity index (χ0v) is 13.6. The van der Waals surface area contributed by atoms with Gasteiger partial charge >= 0.3 is 6.03 Å². The molecule has 0 atom stereocenters. The maximum absolute atomic E-state index is 12.6. The van der Waals surface area contributed by atoms with Gasteiger partial charge in [-0.25, -0.2) is 9.78 Å². The molecule has 3 rings (SSSR count). The highest BCUT2D eigenvalue weighted by Gasteiger charge is 2.24. The van der Waals surface area contributed by atoms with Gasteiger partial charge in [0.2, 0.25) is 0 Å². The molecule has 7 nitrogen and oxygen atoms in total. The second-order valence-electron chi connectivity index (χ2n) is 5.56. The van der Waals surface area contributed by atoms with Gasteiger partial charge in [0, 0.05) is 43.9 Å². The van der Waals surface area contributed by atoms with Crippen molar-refractivity contribution in [1.29, 1.82) is 0 Å². The molecule has 126 valence electrons. The number of oxazole rings is 1. The molecule has 24 heavy (non-hydrogen) atoms. The molecule has 0 saturated carbocycles. The van der Waals surface area contributed by atoms with Gasteiger partial charge in [0.25, 0.3) is 5.91 Å². The van der Waals surface area contributed by atoms with Gasteiger partial charge in [-0.2, -0.15) is 0 Å². The summed E-state index contributed by atoms with van der Waals surface area (Å²) in [5, 5.41) is 2.78. The number of hydrogen-bond donors (Lipinski definition) is 1. The Labute approximate surface area is 140 Å². The number of carbonyl (C=O) groups is 2. The minimum atomic E-state index is -0.0685. The highest BCUT2D eigenvalue weighted by Crippen LogP contribution is 2.19. The number of amides is 3. The number of nitrogens with one attached hydrogen (secondary N) is 1. The van der Waals surface area contributed by atoms with E-state index in [-0.39, 0.29) is 11.9 Å². The molecular formula is C17H20N4O3. The van der Waals surface area contributed by atoms with E-state index in [1.54, 1.807) is 28.1 Å². The van der Waals surface area contributed by atoms with Crippen LogP contribution in [0.15, 0.2) is 41.3 Å². The molecular weight excluding hydrogens is 308 g/mol. The quantitative estimate of drug-likeness (QED) is 0.932. The summed E-state index contributed by atoms with van der Waals surface area (Å²) in [6.07, 6.45) is 3.01. The van der Waals surface area contributed by atoms with E-state index in [1.165, 1.54) is 6.39 Å². The van der Waals surface area contributed by atoms with E-state index in [0.717, 1.165) is 5.56 Å². The van der Waals surface area contributed by atoms with Crippen LogP contribution in [0.3, 0.4) is 0 Å². The van der Waals surface area contributed by atoms with Crippen molar-refractivity contribution >= 4 is 11.9 Å². The number of urea groups is 1. The van der Waals surface area contributed by atoms with E-state index in [4.69, 9.17) is 4.42 Å². The zero-order valence-electron chi connectivity index (χ0n) is 13.6. The summed E-state index contributed by atoms with van der Waals surface area (Å²) < 4.78 is 5.24. The van der Waals surface area contributed by atoms with Crippen LogP contribution in [0.5, 0.6) is 0 Å². The summed E-state index contributed by atoms with van der Waals surface area (Å²) >= 11 is 0. The van der Waals surface area contributed by atoms with Crippen LogP contribution in [0, 0.1) is 0 Å². The van der Waals surface area contributed by atoms with Crippen molar-refractivity contribution in [2.75, 3.05) is 32.7 Å². The molecule has 3 amide bonds. The van der Waals surface area contributed by atoms with Crippen LogP contribution in [0.2, 0.25) is 0 Å². The molecule has 0 aliphatic carbocycles. The second-order valence-corrected chi connectivity index (χ2v) is 5.56. The second kappa shape index (κ2) is 7.16. The zero-order chi connectivity index (χ0) is 16.9. The van der Waals surface area contributed by atoms with Crippen LogP contribution >= 0.6 is 0 Å². The molecule has 1 N–H and O–H groups in total. The molecule has 7 heteroatoms. The lowest BCUT2D eigenvalue weighted by Gasteiger charge is -2.34. The van der Waals surface area contributed by atoms with Crippen LogP contribution in [0.4, 0.5) is 4.79 Å². The molecule has 1 aliphatic heterocycles. The molecule has 0 bridgehead atoms. The van der Waals surface area contributed by atoms with Crippen LogP contribution in [0.1, 0.15) is 17.3 Å². The Bertz CT molecular complexity index is 689. The largest absolute Gasteiger partial charge is 0.444 e. The maximum atomic E-state index is 12.6. The molecule has 1 aliphatic rings. The molecule has 1 saturated heterocycles. The van der Waals surface area contributed by atoms with E-state index >= 15 is 0 Å². The van der Waals surface area contributed by atoms with Crippen molar-refractivity contribution in [2.24, 2.45) is 0 Å². The topological polar surface area (TPSA) is 78.7 Å². The van der Waals surface area contributed by atoms with E-state index in [1.807, 2.05) is 19.1 Å². The fourth-order valence-corrected chi connectivity index (χ4v) is 2.69. The van der Waals surface area contributed by atoms with Crippen molar-refractivity contribution in [2.45, 2.75) is 6.92 Å². The Balaban J connectivity index is 1.60. The first-order valence-corrected chi connectivity index (χ1v) is 8.00. The highest BCUT2D eigenvalue weighted by atomic mass is 16.3. The standard InChI is InChI=1S/C17H20N4O3/c1-2-19-17(23)21-9-7-20(8-10-21)16(22)14-5-3-13(4-6-14)15-11-18-12-24-15/h3-6,11-12H,2,7-10H2,1H3,(H,19,23). The summed E-state index contributed by atoms with van der Waals surface area (Å²) in [4.78, 5) is 31.8. The normalized spacial score (nSPS) is 14.5. The molecule has 0 unspecified atom stereocenters. The molecule has 1 fully saturated rings. The van der Waals surface area contributed by atoms with Gasteiger partial charge in [-0.15, -0.1) is 0 Å². The van der Waals surface area contributed by atoms with Gasteiger partial charge in [0.05, 0.1) is 6.20 Å². The maximum Gasteiger partial charge on any atom is 0.317 e. The first-order valence-electron chi connectivity index (χ1n) is 8.00. The number of hydrogen-bond acceptors (Lipinski definition) is 4.